The predicted molar refractivity (Wildman–Crippen MR) is 52.3 cm³/mol. The van der Waals surface area contributed by atoms with Gasteiger partial charge in [0.2, 0.25) is 0 Å². The Morgan fingerprint density at radius 1 is 1.64 bits per heavy atom. The maximum atomic E-state index is 3.42. The molecule has 66 valence electrons. The first kappa shape index (κ1) is 9.36. The van der Waals surface area contributed by atoms with Crippen LogP contribution in [0.2, 0.25) is 0 Å². The van der Waals surface area contributed by atoms with Gasteiger partial charge in [-0.25, -0.2) is 0 Å². The highest BCUT2D eigenvalue weighted by Crippen LogP contribution is 2.13. The molecule has 2 nitrogen and oxygen atoms in total. The van der Waals surface area contributed by atoms with Gasteiger partial charge in [-0.2, -0.15) is 11.8 Å². The van der Waals surface area contributed by atoms with E-state index < -0.39 is 0 Å². The molecule has 1 unspecified atom stereocenters. The zero-order chi connectivity index (χ0) is 8.10. The smallest absolute Gasteiger partial charge is 0.0300 e. The summed E-state index contributed by atoms with van der Waals surface area (Å²) in [7, 11) is 2.19. The van der Waals surface area contributed by atoms with Gasteiger partial charge in [0, 0.05) is 30.6 Å². The van der Waals surface area contributed by atoms with E-state index in [-0.39, 0.29) is 0 Å². The molecule has 0 saturated carbocycles. The molecule has 1 atom stereocenters. The van der Waals surface area contributed by atoms with E-state index >= 15 is 0 Å². The number of rotatable bonds is 3. The Labute approximate surface area is 73.7 Å². The van der Waals surface area contributed by atoms with E-state index in [1.165, 1.54) is 25.4 Å². The van der Waals surface area contributed by atoms with Crippen molar-refractivity contribution < 1.29 is 0 Å². The SMILES string of the molecule is CCN(C)CC1CNCCS1. The Balaban J connectivity index is 2.13. The number of hydrogen-bond donors (Lipinski definition) is 1. The summed E-state index contributed by atoms with van der Waals surface area (Å²) in [5.41, 5.74) is 0. The summed E-state index contributed by atoms with van der Waals surface area (Å²) in [4.78, 5) is 2.38. The predicted octanol–water partition coefficient (Wildman–Crippen LogP) is 0.643. The fourth-order valence-electron chi connectivity index (χ4n) is 1.21. The lowest BCUT2D eigenvalue weighted by Crippen LogP contribution is -2.39. The monoisotopic (exact) mass is 174 g/mol. The lowest BCUT2D eigenvalue weighted by molar-refractivity contribution is 0.348. The van der Waals surface area contributed by atoms with Crippen LogP contribution in [0.1, 0.15) is 6.92 Å². The van der Waals surface area contributed by atoms with Crippen molar-refractivity contribution >= 4 is 11.8 Å². The van der Waals surface area contributed by atoms with Gasteiger partial charge in [0.25, 0.3) is 0 Å². The van der Waals surface area contributed by atoms with E-state index in [0.29, 0.717) is 0 Å². The molecule has 0 aliphatic carbocycles. The van der Waals surface area contributed by atoms with Gasteiger partial charge >= 0.3 is 0 Å². The number of nitrogens with zero attached hydrogens (tertiary/aromatic N) is 1. The standard InChI is InChI=1S/C8H18N2S/c1-3-10(2)7-8-6-9-4-5-11-8/h8-9H,3-7H2,1-2H3. The van der Waals surface area contributed by atoms with Crippen LogP contribution in [0.5, 0.6) is 0 Å². The Morgan fingerprint density at radius 2 is 2.45 bits per heavy atom. The molecular formula is C8H18N2S. The summed E-state index contributed by atoms with van der Waals surface area (Å²) in [6.07, 6.45) is 0. The highest BCUT2D eigenvalue weighted by atomic mass is 32.2. The van der Waals surface area contributed by atoms with Crippen LogP contribution in [0, 0.1) is 0 Å². The first-order valence-electron chi connectivity index (χ1n) is 4.33. The van der Waals surface area contributed by atoms with Gasteiger partial charge in [-0.05, 0) is 13.6 Å². The number of nitrogens with one attached hydrogen (secondary N) is 1. The summed E-state index contributed by atoms with van der Waals surface area (Å²) in [5, 5.41) is 4.23. The lowest BCUT2D eigenvalue weighted by Gasteiger charge is -2.26. The molecule has 0 amide bonds. The molecule has 11 heavy (non-hydrogen) atoms. The second-order valence-corrected chi connectivity index (χ2v) is 4.46. The van der Waals surface area contributed by atoms with E-state index in [1.807, 2.05) is 0 Å². The van der Waals surface area contributed by atoms with Crippen molar-refractivity contribution in [2.45, 2.75) is 12.2 Å². The molecule has 0 aromatic heterocycles. The van der Waals surface area contributed by atoms with Crippen LogP contribution in [-0.4, -0.2) is 49.1 Å². The van der Waals surface area contributed by atoms with Gasteiger partial charge < -0.3 is 10.2 Å². The molecule has 3 heteroatoms. The van der Waals surface area contributed by atoms with Gasteiger partial charge in [-0.3, -0.25) is 0 Å². The summed E-state index contributed by atoms with van der Waals surface area (Å²) in [6.45, 7) is 6.98. The summed E-state index contributed by atoms with van der Waals surface area (Å²) in [6, 6.07) is 0. The molecule has 1 rings (SSSR count). The van der Waals surface area contributed by atoms with E-state index in [0.717, 1.165) is 11.8 Å². The van der Waals surface area contributed by atoms with E-state index in [9.17, 15) is 0 Å². The zero-order valence-electron chi connectivity index (χ0n) is 7.47. The Hall–Kier alpha value is 0.270. The largest absolute Gasteiger partial charge is 0.315 e. The minimum absolute atomic E-state index is 0.814. The molecule has 1 fully saturated rings. The molecule has 1 saturated heterocycles. The van der Waals surface area contributed by atoms with Gasteiger partial charge in [0.1, 0.15) is 0 Å². The van der Waals surface area contributed by atoms with Crippen molar-refractivity contribution in [3.8, 4) is 0 Å². The number of hydrogen-bond acceptors (Lipinski definition) is 3. The van der Waals surface area contributed by atoms with Crippen molar-refractivity contribution in [2.24, 2.45) is 0 Å². The van der Waals surface area contributed by atoms with Crippen LogP contribution in [0.15, 0.2) is 0 Å². The molecule has 0 aromatic rings. The highest BCUT2D eigenvalue weighted by Gasteiger charge is 2.14. The maximum absolute atomic E-state index is 3.42. The minimum atomic E-state index is 0.814. The van der Waals surface area contributed by atoms with Gasteiger partial charge in [0.15, 0.2) is 0 Å². The molecule has 0 aromatic carbocycles. The quantitative estimate of drug-likeness (QED) is 0.676. The average Bonchev–Trinajstić information content (AvgIpc) is 2.06. The Bertz CT molecular complexity index is 102. The van der Waals surface area contributed by atoms with Crippen LogP contribution < -0.4 is 5.32 Å². The van der Waals surface area contributed by atoms with Gasteiger partial charge in [-0.1, -0.05) is 6.92 Å². The molecule has 0 bridgehead atoms. The molecule has 1 N–H and O–H groups in total. The summed E-state index contributed by atoms with van der Waals surface area (Å²) in [5.74, 6) is 1.28. The third kappa shape index (κ3) is 3.45. The molecular weight excluding hydrogens is 156 g/mol. The van der Waals surface area contributed by atoms with Crippen LogP contribution in [-0.2, 0) is 0 Å². The molecule has 1 aliphatic rings. The van der Waals surface area contributed by atoms with Crippen LogP contribution in [0.25, 0.3) is 0 Å². The van der Waals surface area contributed by atoms with Crippen LogP contribution in [0.3, 0.4) is 0 Å². The Kier molecular flexibility index (Phi) is 4.26. The third-order valence-electron chi connectivity index (χ3n) is 2.06. The first-order chi connectivity index (χ1) is 5.33. The van der Waals surface area contributed by atoms with Crippen LogP contribution in [0.4, 0.5) is 0 Å². The third-order valence-corrected chi connectivity index (χ3v) is 3.29. The van der Waals surface area contributed by atoms with Crippen molar-refractivity contribution in [2.75, 3.05) is 39.0 Å². The van der Waals surface area contributed by atoms with Gasteiger partial charge in [-0.15, -0.1) is 0 Å². The lowest BCUT2D eigenvalue weighted by atomic mass is 10.3. The Morgan fingerprint density at radius 3 is 3.00 bits per heavy atom. The zero-order valence-corrected chi connectivity index (χ0v) is 8.28. The maximum Gasteiger partial charge on any atom is 0.0300 e. The summed E-state index contributed by atoms with van der Waals surface area (Å²) < 4.78 is 0. The van der Waals surface area contributed by atoms with E-state index in [4.69, 9.17) is 0 Å². The molecule has 1 aliphatic heterocycles. The minimum Gasteiger partial charge on any atom is -0.315 e. The highest BCUT2D eigenvalue weighted by molar-refractivity contribution is 8.00. The fourth-order valence-corrected chi connectivity index (χ4v) is 2.40. The topological polar surface area (TPSA) is 15.3 Å². The summed E-state index contributed by atoms with van der Waals surface area (Å²) >= 11 is 2.10. The normalized spacial score (nSPS) is 25.9. The van der Waals surface area contributed by atoms with E-state index in [2.05, 4.69) is 35.9 Å². The van der Waals surface area contributed by atoms with Crippen LogP contribution >= 0.6 is 11.8 Å². The fraction of sp³-hybridized carbons (Fsp3) is 1.00. The van der Waals surface area contributed by atoms with Crippen molar-refractivity contribution in [1.29, 1.82) is 0 Å². The first-order valence-corrected chi connectivity index (χ1v) is 5.38. The number of thioether (sulfide) groups is 1. The van der Waals surface area contributed by atoms with Crippen molar-refractivity contribution in [3.05, 3.63) is 0 Å². The molecule has 1 heterocycles. The second-order valence-electron chi connectivity index (χ2n) is 3.05. The van der Waals surface area contributed by atoms with Gasteiger partial charge in [0.05, 0.1) is 0 Å². The van der Waals surface area contributed by atoms with Crippen molar-refractivity contribution in [1.82, 2.24) is 10.2 Å². The molecule has 0 radical (unpaired) electrons. The average molecular weight is 174 g/mol. The van der Waals surface area contributed by atoms with E-state index in [1.54, 1.807) is 0 Å². The second kappa shape index (κ2) is 5.01. The molecule has 0 spiro atoms. The van der Waals surface area contributed by atoms with Crippen molar-refractivity contribution in [3.63, 3.8) is 0 Å².